The molecular formula is C20H22FN3O6. The van der Waals surface area contributed by atoms with E-state index in [1.807, 2.05) is 0 Å². The molecule has 2 saturated heterocycles. The molecule has 0 radical (unpaired) electrons. The molecule has 3 heterocycles. The summed E-state index contributed by atoms with van der Waals surface area (Å²) in [5.74, 6) is -3.25. The van der Waals surface area contributed by atoms with Crippen molar-refractivity contribution < 1.29 is 28.9 Å². The summed E-state index contributed by atoms with van der Waals surface area (Å²) >= 11 is 0. The molecule has 0 spiro atoms. The van der Waals surface area contributed by atoms with Crippen molar-refractivity contribution in [2.24, 2.45) is 5.73 Å². The van der Waals surface area contributed by atoms with Crippen molar-refractivity contribution in [3.05, 3.63) is 27.8 Å². The fourth-order valence-electron chi connectivity index (χ4n) is 4.83. The van der Waals surface area contributed by atoms with Crippen LogP contribution in [0.4, 0.5) is 10.1 Å². The third-order valence-electron chi connectivity index (χ3n) is 6.31. The first-order valence-electron chi connectivity index (χ1n) is 9.89. The summed E-state index contributed by atoms with van der Waals surface area (Å²) in [5, 5.41) is 19.8. The first kappa shape index (κ1) is 19.1. The number of anilines is 1. The van der Waals surface area contributed by atoms with Gasteiger partial charge in [0.2, 0.25) is 5.43 Å². The van der Waals surface area contributed by atoms with Crippen LogP contribution in [0, 0.1) is 5.82 Å². The van der Waals surface area contributed by atoms with E-state index in [9.17, 15) is 19.8 Å². The molecule has 2 aliphatic heterocycles. The summed E-state index contributed by atoms with van der Waals surface area (Å²) in [7, 11) is 1.36. The van der Waals surface area contributed by atoms with Crippen molar-refractivity contribution in [2.75, 3.05) is 25.2 Å². The lowest BCUT2D eigenvalue weighted by Crippen LogP contribution is -2.35. The number of carboxylic acid groups (broad SMARTS) is 1. The third-order valence-corrected chi connectivity index (χ3v) is 6.31. The van der Waals surface area contributed by atoms with Crippen LogP contribution in [0.1, 0.15) is 35.7 Å². The molecule has 1 saturated carbocycles. The second-order valence-electron chi connectivity index (χ2n) is 8.09. The van der Waals surface area contributed by atoms with E-state index >= 15 is 4.39 Å². The number of halogens is 1. The van der Waals surface area contributed by atoms with Gasteiger partial charge in [-0.3, -0.25) is 4.79 Å². The zero-order chi connectivity index (χ0) is 21.3. The van der Waals surface area contributed by atoms with Gasteiger partial charge < -0.3 is 34.9 Å². The zero-order valence-electron chi connectivity index (χ0n) is 16.3. The minimum Gasteiger partial charge on any atom is -0.504 e. The van der Waals surface area contributed by atoms with Gasteiger partial charge in [-0.15, -0.1) is 0 Å². The summed E-state index contributed by atoms with van der Waals surface area (Å²) in [4.78, 5) is 26.2. The number of aromatic carboxylic acids is 1. The number of phenolic OH excluding ortho intramolecular Hbond substituents is 1. The lowest BCUT2D eigenvalue weighted by atomic mass is 10.1. The highest BCUT2D eigenvalue weighted by atomic mass is 19.1. The highest BCUT2D eigenvalue weighted by Crippen LogP contribution is 2.49. The van der Waals surface area contributed by atoms with Gasteiger partial charge in [-0.2, -0.15) is 0 Å². The number of fused-ring (bicyclic) bond motifs is 2. The van der Waals surface area contributed by atoms with E-state index in [1.165, 1.54) is 13.3 Å². The molecule has 3 fully saturated rings. The Morgan fingerprint density at radius 1 is 1.37 bits per heavy atom. The minimum absolute atomic E-state index is 0.0211. The van der Waals surface area contributed by atoms with E-state index in [-0.39, 0.29) is 46.6 Å². The maximum Gasteiger partial charge on any atom is 0.341 e. The minimum atomic E-state index is -1.43. The van der Waals surface area contributed by atoms with Crippen LogP contribution in [-0.4, -0.2) is 59.2 Å². The van der Waals surface area contributed by atoms with Gasteiger partial charge in [-0.05, 0) is 19.3 Å². The zero-order valence-corrected chi connectivity index (χ0v) is 16.3. The molecule has 9 nitrogen and oxygen atoms in total. The number of carbonyl (C=O) groups is 1. The van der Waals surface area contributed by atoms with Crippen LogP contribution in [0.2, 0.25) is 0 Å². The van der Waals surface area contributed by atoms with Crippen LogP contribution in [0.15, 0.2) is 11.0 Å². The Labute approximate surface area is 170 Å². The number of methoxy groups -OCH3 is 1. The first-order valence-corrected chi connectivity index (χ1v) is 9.89. The Morgan fingerprint density at radius 3 is 2.73 bits per heavy atom. The Morgan fingerprint density at radius 2 is 2.10 bits per heavy atom. The molecule has 3 unspecified atom stereocenters. The predicted molar refractivity (Wildman–Crippen MR) is 105 cm³/mol. The van der Waals surface area contributed by atoms with Crippen molar-refractivity contribution >= 4 is 22.6 Å². The smallest absolute Gasteiger partial charge is 0.341 e. The SMILES string of the molecule is COc1c(N2CC(N)C3OCCC32)c(F)c(O)c2c(=O)c(C(=O)O)cn(C3CC3)c12. The largest absolute Gasteiger partial charge is 0.504 e. The number of phenols is 1. The molecule has 4 N–H and O–H groups in total. The average Bonchev–Trinajstić information content (AvgIpc) is 3.35. The monoisotopic (exact) mass is 419 g/mol. The Kier molecular flexibility index (Phi) is 4.19. The Bertz CT molecular complexity index is 1130. The van der Waals surface area contributed by atoms with Crippen molar-refractivity contribution in [2.45, 2.75) is 43.5 Å². The Balaban J connectivity index is 1.85. The number of hydrogen-bond donors (Lipinski definition) is 3. The summed E-state index contributed by atoms with van der Waals surface area (Å²) in [6.07, 6.45) is 3.20. The van der Waals surface area contributed by atoms with Gasteiger partial charge in [0.25, 0.3) is 0 Å². The van der Waals surface area contributed by atoms with E-state index in [0.29, 0.717) is 19.6 Å². The number of aromatic hydroxyl groups is 1. The van der Waals surface area contributed by atoms with Gasteiger partial charge in [0, 0.05) is 25.4 Å². The number of aromatic nitrogens is 1. The summed E-state index contributed by atoms with van der Waals surface area (Å²) in [6, 6.07) is -0.569. The molecule has 2 aromatic rings. The molecule has 10 heteroatoms. The Hall–Kier alpha value is -2.85. The molecule has 160 valence electrons. The molecule has 1 aromatic heterocycles. The molecule has 5 rings (SSSR count). The molecule has 30 heavy (non-hydrogen) atoms. The van der Waals surface area contributed by atoms with Crippen LogP contribution in [0.25, 0.3) is 10.9 Å². The van der Waals surface area contributed by atoms with Crippen molar-refractivity contribution in [1.29, 1.82) is 0 Å². The number of nitrogens with zero attached hydrogens (tertiary/aromatic N) is 2. The van der Waals surface area contributed by atoms with E-state index < -0.39 is 28.5 Å². The van der Waals surface area contributed by atoms with Crippen LogP contribution in [0.3, 0.4) is 0 Å². The molecule has 1 aliphatic carbocycles. The molecule has 3 atom stereocenters. The van der Waals surface area contributed by atoms with Crippen molar-refractivity contribution in [1.82, 2.24) is 4.57 Å². The molecule has 0 amide bonds. The van der Waals surface area contributed by atoms with Gasteiger partial charge in [0.15, 0.2) is 17.3 Å². The van der Waals surface area contributed by atoms with Crippen LogP contribution < -0.4 is 20.8 Å². The standard InChI is InChI=1S/C20H22FN3O6/c1-29-19-14-12(16(25)9(20(27)28)6-23(14)8-2-3-8)17(26)13(21)15(19)24-7-10(22)18-11(24)4-5-30-18/h6,8,10-11,18,26H,2-5,7,22H2,1H3,(H,27,28). The van der Waals surface area contributed by atoms with E-state index in [1.54, 1.807) is 9.47 Å². The predicted octanol–water partition coefficient (Wildman–Crippen LogP) is 1.19. The third kappa shape index (κ3) is 2.53. The second kappa shape index (κ2) is 6.58. The van der Waals surface area contributed by atoms with E-state index in [4.69, 9.17) is 15.2 Å². The summed E-state index contributed by atoms with van der Waals surface area (Å²) < 4.78 is 28.4. The quantitative estimate of drug-likeness (QED) is 0.675. The van der Waals surface area contributed by atoms with Crippen molar-refractivity contribution in [3.63, 3.8) is 0 Å². The highest BCUT2D eigenvalue weighted by molar-refractivity contribution is 6.00. The number of carboxylic acids is 1. The molecular weight excluding hydrogens is 397 g/mol. The topological polar surface area (TPSA) is 127 Å². The highest BCUT2D eigenvalue weighted by Gasteiger charge is 2.47. The van der Waals surface area contributed by atoms with Gasteiger partial charge in [0.05, 0.1) is 30.7 Å². The van der Waals surface area contributed by atoms with Crippen molar-refractivity contribution in [3.8, 4) is 11.5 Å². The fourth-order valence-corrected chi connectivity index (χ4v) is 4.83. The fraction of sp³-hybridized carbons (Fsp3) is 0.500. The van der Waals surface area contributed by atoms with Crippen LogP contribution in [0.5, 0.6) is 11.5 Å². The maximum absolute atomic E-state index is 15.5. The number of ether oxygens (including phenoxy) is 2. The van der Waals surface area contributed by atoms with Gasteiger partial charge in [-0.25, -0.2) is 9.18 Å². The average molecular weight is 419 g/mol. The van der Waals surface area contributed by atoms with Gasteiger partial charge in [-0.1, -0.05) is 0 Å². The second-order valence-corrected chi connectivity index (χ2v) is 8.09. The number of benzene rings is 1. The van der Waals surface area contributed by atoms with Crippen LogP contribution >= 0.6 is 0 Å². The van der Waals surface area contributed by atoms with Crippen LogP contribution in [-0.2, 0) is 4.74 Å². The lowest BCUT2D eigenvalue weighted by molar-refractivity contribution is 0.0694. The lowest BCUT2D eigenvalue weighted by Gasteiger charge is -2.29. The molecule has 0 bridgehead atoms. The molecule has 1 aromatic carbocycles. The number of hydrogen-bond acceptors (Lipinski definition) is 7. The molecule has 3 aliphatic rings. The van der Waals surface area contributed by atoms with E-state index in [0.717, 1.165) is 12.8 Å². The van der Waals surface area contributed by atoms with E-state index in [2.05, 4.69) is 0 Å². The van der Waals surface area contributed by atoms with Gasteiger partial charge in [0.1, 0.15) is 16.8 Å². The normalized spacial score (nSPS) is 25.7. The number of pyridine rings is 1. The number of nitrogens with two attached hydrogens (primary N) is 1. The maximum atomic E-state index is 15.5. The summed E-state index contributed by atoms with van der Waals surface area (Å²) in [5.41, 5.74) is 4.94. The number of rotatable bonds is 4. The first-order chi connectivity index (χ1) is 14.3. The summed E-state index contributed by atoms with van der Waals surface area (Å²) in [6.45, 7) is 0.798. The van der Waals surface area contributed by atoms with Gasteiger partial charge >= 0.3 is 5.97 Å².